The number of imidazole rings is 1. The molecule has 160 valence electrons. The number of hydrogen-bond donors (Lipinski definition) is 3. The van der Waals surface area contributed by atoms with Crippen molar-refractivity contribution in [1.29, 1.82) is 0 Å². The van der Waals surface area contributed by atoms with Crippen LogP contribution in [0.4, 0.5) is 23.5 Å². The monoisotopic (exact) mass is 444 g/mol. The van der Waals surface area contributed by atoms with E-state index in [9.17, 15) is 22.4 Å². The van der Waals surface area contributed by atoms with Crippen LogP contribution in [0.5, 0.6) is 0 Å². The number of anilines is 1. The fourth-order valence-corrected chi connectivity index (χ4v) is 3.65. The summed E-state index contributed by atoms with van der Waals surface area (Å²) in [6.45, 7) is 1.70. The van der Waals surface area contributed by atoms with Crippen LogP contribution < -0.4 is 16.3 Å². The summed E-state index contributed by atoms with van der Waals surface area (Å²) in [5.74, 6) is -0.605. The molecule has 3 aromatic rings. The van der Waals surface area contributed by atoms with Crippen molar-refractivity contribution in [3.8, 4) is 0 Å². The zero-order valence-electron chi connectivity index (χ0n) is 15.5. The van der Waals surface area contributed by atoms with Crippen LogP contribution in [0.1, 0.15) is 17.5 Å². The van der Waals surface area contributed by atoms with E-state index in [-0.39, 0.29) is 17.1 Å². The highest BCUT2D eigenvalue weighted by Gasteiger charge is 2.35. The summed E-state index contributed by atoms with van der Waals surface area (Å²) in [5.41, 5.74) is -2.38. The highest BCUT2D eigenvalue weighted by atomic mass is 35.5. The maximum absolute atomic E-state index is 14.5. The molecule has 4 rings (SSSR count). The molecule has 1 aliphatic rings. The quantitative estimate of drug-likeness (QED) is 0.527. The van der Waals surface area contributed by atoms with E-state index in [4.69, 9.17) is 11.6 Å². The molecule has 1 saturated heterocycles. The average Bonchev–Trinajstić information content (AvgIpc) is 3.31. The minimum Gasteiger partial charge on any atom is -0.354 e. The van der Waals surface area contributed by atoms with Gasteiger partial charge < -0.3 is 15.6 Å². The van der Waals surface area contributed by atoms with Gasteiger partial charge in [-0.25, -0.2) is 14.2 Å². The summed E-state index contributed by atoms with van der Waals surface area (Å²) in [6, 6.07) is 1.53. The zero-order valence-corrected chi connectivity index (χ0v) is 16.2. The van der Waals surface area contributed by atoms with E-state index in [1.807, 2.05) is 0 Å². The van der Waals surface area contributed by atoms with Gasteiger partial charge in [0.15, 0.2) is 5.65 Å². The Kier molecular flexibility index (Phi) is 5.41. The van der Waals surface area contributed by atoms with Crippen molar-refractivity contribution in [2.24, 2.45) is 5.92 Å². The molecule has 1 aliphatic heterocycles. The predicted octanol–water partition coefficient (Wildman–Crippen LogP) is 3.00. The lowest BCUT2D eigenvalue weighted by molar-refractivity contribution is -0.138. The minimum atomic E-state index is -4.81. The summed E-state index contributed by atoms with van der Waals surface area (Å²) in [4.78, 5) is 23.2. The second-order valence-electron chi connectivity index (χ2n) is 7.07. The lowest BCUT2D eigenvalue weighted by atomic mass is 10.1. The van der Waals surface area contributed by atoms with Gasteiger partial charge in [-0.1, -0.05) is 11.6 Å². The normalized spacial score (nSPS) is 17.0. The molecule has 3 N–H and O–H groups in total. The smallest absolute Gasteiger partial charge is 0.354 e. The molecule has 0 aliphatic carbocycles. The topological polar surface area (TPSA) is 87.6 Å². The number of aromatic nitrogens is 4. The zero-order chi connectivity index (χ0) is 21.5. The van der Waals surface area contributed by atoms with Crippen LogP contribution in [0.3, 0.4) is 0 Å². The largest absolute Gasteiger partial charge is 0.416 e. The van der Waals surface area contributed by atoms with Crippen molar-refractivity contribution in [3.63, 3.8) is 0 Å². The minimum absolute atomic E-state index is 0.0644. The van der Waals surface area contributed by atoms with Gasteiger partial charge in [0.1, 0.15) is 11.3 Å². The third kappa shape index (κ3) is 3.99. The number of halogens is 5. The van der Waals surface area contributed by atoms with Crippen LogP contribution in [0, 0.1) is 11.7 Å². The van der Waals surface area contributed by atoms with Gasteiger partial charge in [0, 0.05) is 12.1 Å². The molecule has 0 spiro atoms. The molecule has 12 heteroatoms. The second-order valence-corrected chi connectivity index (χ2v) is 7.48. The molecule has 30 heavy (non-hydrogen) atoms. The van der Waals surface area contributed by atoms with Crippen molar-refractivity contribution in [2.75, 3.05) is 25.0 Å². The van der Waals surface area contributed by atoms with Crippen molar-refractivity contribution in [3.05, 3.63) is 50.8 Å². The van der Waals surface area contributed by atoms with E-state index < -0.39 is 40.4 Å². The van der Waals surface area contributed by atoms with Crippen LogP contribution in [0.15, 0.2) is 23.1 Å². The second kappa shape index (κ2) is 7.88. The molecular weight excluding hydrogens is 428 g/mol. The number of hydrogen-bond acceptors (Lipinski definition) is 5. The number of aromatic amines is 1. The Labute approximate surface area is 172 Å². The van der Waals surface area contributed by atoms with E-state index in [1.165, 1.54) is 6.20 Å². The first-order valence-electron chi connectivity index (χ1n) is 9.18. The molecule has 3 heterocycles. The molecule has 0 bridgehead atoms. The van der Waals surface area contributed by atoms with Gasteiger partial charge in [-0.05, 0) is 37.6 Å². The Balaban J connectivity index is 1.71. The number of nitrogens with zero attached hydrogens (tertiary/aromatic N) is 3. The van der Waals surface area contributed by atoms with Gasteiger partial charge >= 0.3 is 11.9 Å². The number of rotatable bonds is 5. The standard InChI is InChI=1S/C18H17ClF4N6O/c19-12-2-1-11(18(21,22)23)10(14(12)20)8-29-15-13(27-17(29)30)7-26-16(28-15)25-6-9-3-4-24-5-9/h1-2,7,9,24H,3-6,8H2,(H,27,30)(H,25,26,28)/t9-/m1/s1. The van der Waals surface area contributed by atoms with Crippen LogP contribution in [0.2, 0.25) is 5.02 Å². The fraction of sp³-hybridized carbons (Fsp3) is 0.389. The van der Waals surface area contributed by atoms with E-state index >= 15 is 0 Å². The first-order chi connectivity index (χ1) is 14.2. The van der Waals surface area contributed by atoms with Crippen molar-refractivity contribution in [1.82, 2.24) is 24.8 Å². The summed E-state index contributed by atoms with van der Waals surface area (Å²) in [7, 11) is 0. The fourth-order valence-electron chi connectivity index (χ4n) is 3.47. The van der Waals surface area contributed by atoms with Gasteiger partial charge in [0.05, 0.1) is 23.3 Å². The van der Waals surface area contributed by atoms with E-state index in [0.717, 1.165) is 30.1 Å². The van der Waals surface area contributed by atoms with Gasteiger partial charge in [0.2, 0.25) is 5.95 Å². The molecule has 0 unspecified atom stereocenters. The van der Waals surface area contributed by atoms with E-state index in [2.05, 4.69) is 25.6 Å². The maximum atomic E-state index is 14.5. The molecular formula is C18H17ClF4N6O. The Morgan fingerprint density at radius 1 is 1.33 bits per heavy atom. The molecule has 0 amide bonds. The molecule has 2 aromatic heterocycles. The Morgan fingerprint density at radius 3 is 2.83 bits per heavy atom. The number of alkyl halides is 3. The summed E-state index contributed by atoms with van der Waals surface area (Å²) < 4.78 is 55.5. The lowest BCUT2D eigenvalue weighted by Gasteiger charge is -2.15. The maximum Gasteiger partial charge on any atom is 0.416 e. The van der Waals surface area contributed by atoms with Crippen molar-refractivity contribution >= 4 is 28.7 Å². The first kappa shape index (κ1) is 20.6. The third-order valence-electron chi connectivity index (χ3n) is 5.04. The van der Waals surface area contributed by atoms with Gasteiger partial charge in [-0.3, -0.25) is 4.57 Å². The summed E-state index contributed by atoms with van der Waals surface area (Å²) in [5, 5.41) is 5.84. The first-order valence-corrected chi connectivity index (χ1v) is 9.56. The van der Waals surface area contributed by atoms with Gasteiger partial charge in [-0.2, -0.15) is 18.2 Å². The molecule has 0 saturated carbocycles. The molecule has 7 nitrogen and oxygen atoms in total. The Bertz CT molecular complexity index is 1140. The van der Waals surface area contributed by atoms with Crippen molar-refractivity contribution in [2.45, 2.75) is 19.1 Å². The van der Waals surface area contributed by atoms with Crippen LogP contribution in [-0.2, 0) is 12.7 Å². The highest BCUT2D eigenvalue weighted by molar-refractivity contribution is 6.30. The summed E-state index contributed by atoms with van der Waals surface area (Å²) >= 11 is 5.68. The number of benzene rings is 1. The van der Waals surface area contributed by atoms with Crippen LogP contribution in [-0.4, -0.2) is 39.2 Å². The SMILES string of the molecule is O=c1[nH]c2cnc(NC[C@@H]3CCNC3)nc2n1Cc1c(C(F)(F)F)ccc(Cl)c1F. The molecule has 1 aromatic carbocycles. The van der Waals surface area contributed by atoms with Gasteiger partial charge in [-0.15, -0.1) is 0 Å². The predicted molar refractivity (Wildman–Crippen MR) is 103 cm³/mol. The number of nitrogens with one attached hydrogen (secondary N) is 3. The summed E-state index contributed by atoms with van der Waals surface area (Å²) in [6.07, 6.45) is -2.46. The van der Waals surface area contributed by atoms with Crippen LogP contribution >= 0.6 is 11.6 Å². The third-order valence-corrected chi connectivity index (χ3v) is 5.33. The van der Waals surface area contributed by atoms with Gasteiger partial charge in [0.25, 0.3) is 0 Å². The molecule has 1 atom stereocenters. The van der Waals surface area contributed by atoms with Crippen molar-refractivity contribution < 1.29 is 17.6 Å². The number of fused-ring (bicyclic) bond motifs is 1. The lowest BCUT2D eigenvalue weighted by Crippen LogP contribution is -2.22. The Morgan fingerprint density at radius 2 is 2.13 bits per heavy atom. The van der Waals surface area contributed by atoms with Crippen LogP contribution in [0.25, 0.3) is 11.2 Å². The Hall–Kier alpha value is -2.66. The van der Waals surface area contributed by atoms with E-state index in [1.54, 1.807) is 0 Å². The molecule has 1 fully saturated rings. The number of H-pyrrole nitrogens is 1. The van der Waals surface area contributed by atoms with E-state index in [0.29, 0.717) is 18.5 Å². The average molecular weight is 445 g/mol. The molecule has 0 radical (unpaired) electrons. The highest BCUT2D eigenvalue weighted by Crippen LogP contribution is 2.35.